The fraction of sp³-hybridized carbons (Fsp3) is 0.368. The third-order valence-electron chi connectivity index (χ3n) is 5.18. The monoisotopic (exact) mass is 375 g/mol. The van der Waals surface area contributed by atoms with Crippen LogP contribution >= 0.6 is 0 Å². The zero-order valence-electron chi connectivity index (χ0n) is 15.7. The molecule has 0 saturated carbocycles. The number of hydrogen-bond acceptors (Lipinski definition) is 8. The molecule has 0 bridgehead atoms. The third kappa shape index (κ3) is 2.79. The van der Waals surface area contributed by atoms with Crippen LogP contribution in [-0.4, -0.2) is 60.7 Å². The molecule has 4 aromatic heterocycles. The first-order valence-electron chi connectivity index (χ1n) is 9.59. The molecule has 1 saturated heterocycles. The summed E-state index contributed by atoms with van der Waals surface area (Å²) in [6, 6.07) is 3.96. The third-order valence-corrected chi connectivity index (χ3v) is 5.18. The highest BCUT2D eigenvalue weighted by Gasteiger charge is 2.21. The molecule has 9 heteroatoms. The van der Waals surface area contributed by atoms with Gasteiger partial charge >= 0.3 is 0 Å². The molecule has 9 nitrogen and oxygen atoms in total. The molecule has 1 fully saturated rings. The summed E-state index contributed by atoms with van der Waals surface area (Å²) < 4.78 is 2.04. The van der Waals surface area contributed by atoms with Crippen molar-refractivity contribution in [3.05, 3.63) is 42.9 Å². The van der Waals surface area contributed by atoms with E-state index in [0.717, 1.165) is 73.2 Å². The quantitative estimate of drug-likeness (QED) is 0.535. The van der Waals surface area contributed by atoms with Crippen molar-refractivity contribution in [1.29, 1.82) is 0 Å². The van der Waals surface area contributed by atoms with Crippen molar-refractivity contribution in [3.8, 4) is 0 Å². The Morgan fingerprint density at radius 1 is 0.893 bits per heavy atom. The summed E-state index contributed by atoms with van der Waals surface area (Å²) in [7, 11) is 0. The van der Waals surface area contributed by atoms with Crippen molar-refractivity contribution < 1.29 is 0 Å². The molecule has 0 spiro atoms. The van der Waals surface area contributed by atoms with Crippen molar-refractivity contribution >= 4 is 28.3 Å². The Bertz CT molecular complexity index is 1120. The van der Waals surface area contributed by atoms with Gasteiger partial charge in [0.2, 0.25) is 5.65 Å². The second kappa shape index (κ2) is 6.99. The second-order valence-electron chi connectivity index (χ2n) is 6.81. The van der Waals surface area contributed by atoms with Gasteiger partial charge in [0.05, 0.1) is 5.39 Å². The van der Waals surface area contributed by atoms with Gasteiger partial charge in [-0.2, -0.15) is 0 Å². The minimum atomic E-state index is 0.732. The number of fused-ring (bicyclic) bond motifs is 2. The molecule has 1 aliphatic rings. The fourth-order valence-corrected chi connectivity index (χ4v) is 3.80. The van der Waals surface area contributed by atoms with Gasteiger partial charge in [-0.25, -0.2) is 19.9 Å². The van der Waals surface area contributed by atoms with Gasteiger partial charge in [0.1, 0.15) is 18.0 Å². The van der Waals surface area contributed by atoms with Crippen LogP contribution in [0.5, 0.6) is 0 Å². The Kier molecular flexibility index (Phi) is 4.19. The highest BCUT2D eigenvalue weighted by Crippen LogP contribution is 2.24. The maximum atomic E-state index is 4.62. The number of aromatic nitrogens is 7. The van der Waals surface area contributed by atoms with Crippen molar-refractivity contribution in [2.75, 3.05) is 36.0 Å². The number of hydrogen-bond donors (Lipinski definition) is 0. The van der Waals surface area contributed by atoms with Crippen LogP contribution in [-0.2, 0) is 6.42 Å². The van der Waals surface area contributed by atoms with Crippen molar-refractivity contribution in [2.24, 2.45) is 0 Å². The van der Waals surface area contributed by atoms with E-state index in [9.17, 15) is 0 Å². The molecule has 0 amide bonds. The highest BCUT2D eigenvalue weighted by molar-refractivity contribution is 5.86. The molecule has 0 N–H and O–H groups in total. The molecule has 0 atom stereocenters. The molecule has 28 heavy (non-hydrogen) atoms. The first-order chi connectivity index (χ1) is 13.8. The standard InChI is InChI=1S/C19H21N9/c1-2-15-24-25-19-18(21-7-10-28(15)19)27-9-4-8-26(11-12-27)17-14-5-3-6-20-16(14)22-13-23-17/h3,5-7,10,13H,2,4,8-9,11-12H2,1H3. The molecule has 0 unspecified atom stereocenters. The molecule has 0 aromatic carbocycles. The Morgan fingerprint density at radius 3 is 2.61 bits per heavy atom. The van der Waals surface area contributed by atoms with Gasteiger partial charge in [-0.15, -0.1) is 10.2 Å². The first kappa shape index (κ1) is 16.8. The zero-order valence-corrected chi connectivity index (χ0v) is 15.7. The largest absolute Gasteiger partial charge is 0.354 e. The Hall–Kier alpha value is -3.36. The summed E-state index contributed by atoms with van der Waals surface area (Å²) in [5.74, 6) is 2.79. The van der Waals surface area contributed by atoms with Gasteiger partial charge in [-0.05, 0) is 18.6 Å². The normalized spacial score (nSPS) is 15.3. The van der Waals surface area contributed by atoms with Crippen LogP contribution in [0.1, 0.15) is 19.2 Å². The lowest BCUT2D eigenvalue weighted by atomic mass is 10.3. The van der Waals surface area contributed by atoms with Crippen LogP contribution < -0.4 is 9.80 Å². The van der Waals surface area contributed by atoms with Gasteiger partial charge in [0.15, 0.2) is 11.5 Å². The molecule has 1 aliphatic heterocycles. The van der Waals surface area contributed by atoms with Gasteiger partial charge in [0.25, 0.3) is 0 Å². The van der Waals surface area contributed by atoms with E-state index < -0.39 is 0 Å². The van der Waals surface area contributed by atoms with E-state index in [1.165, 1.54) is 0 Å². The van der Waals surface area contributed by atoms with Crippen LogP contribution in [0.4, 0.5) is 11.6 Å². The molecular formula is C19H21N9. The topological polar surface area (TPSA) is 88.2 Å². The molecule has 5 rings (SSSR count). The fourth-order valence-electron chi connectivity index (χ4n) is 3.80. The predicted molar refractivity (Wildman–Crippen MR) is 107 cm³/mol. The summed E-state index contributed by atoms with van der Waals surface area (Å²) in [4.78, 5) is 22.4. The number of rotatable bonds is 3. The van der Waals surface area contributed by atoms with Crippen LogP contribution in [0, 0.1) is 0 Å². The molecule has 5 heterocycles. The number of aryl methyl sites for hydroxylation is 1. The van der Waals surface area contributed by atoms with E-state index >= 15 is 0 Å². The minimum Gasteiger partial charge on any atom is -0.354 e. The molecule has 4 aromatic rings. The Morgan fingerprint density at radius 2 is 1.75 bits per heavy atom. The first-order valence-corrected chi connectivity index (χ1v) is 9.59. The van der Waals surface area contributed by atoms with Gasteiger partial charge in [0, 0.05) is 51.2 Å². The van der Waals surface area contributed by atoms with E-state index in [4.69, 9.17) is 0 Å². The van der Waals surface area contributed by atoms with Crippen molar-refractivity contribution in [2.45, 2.75) is 19.8 Å². The van der Waals surface area contributed by atoms with E-state index in [-0.39, 0.29) is 0 Å². The number of pyridine rings is 1. The van der Waals surface area contributed by atoms with Gasteiger partial charge < -0.3 is 9.80 Å². The average molecular weight is 375 g/mol. The maximum Gasteiger partial charge on any atom is 0.203 e. The number of anilines is 2. The van der Waals surface area contributed by atoms with E-state index in [2.05, 4.69) is 46.9 Å². The molecule has 0 aliphatic carbocycles. The van der Waals surface area contributed by atoms with Crippen LogP contribution in [0.15, 0.2) is 37.1 Å². The predicted octanol–water partition coefficient (Wildman–Crippen LogP) is 1.74. The summed E-state index contributed by atoms with van der Waals surface area (Å²) in [5.41, 5.74) is 1.56. The lowest BCUT2D eigenvalue weighted by Crippen LogP contribution is -2.32. The minimum absolute atomic E-state index is 0.732. The van der Waals surface area contributed by atoms with Crippen LogP contribution in [0.25, 0.3) is 16.7 Å². The lowest BCUT2D eigenvalue weighted by molar-refractivity contribution is 0.793. The van der Waals surface area contributed by atoms with Crippen LogP contribution in [0.2, 0.25) is 0 Å². The second-order valence-corrected chi connectivity index (χ2v) is 6.81. The SMILES string of the molecule is CCc1nnc2c(N3CCCN(c4ncnc5ncccc45)CC3)nccn12. The highest BCUT2D eigenvalue weighted by atomic mass is 15.3. The molecule has 0 radical (unpaired) electrons. The van der Waals surface area contributed by atoms with Crippen molar-refractivity contribution in [1.82, 2.24) is 34.5 Å². The summed E-state index contributed by atoms with van der Waals surface area (Å²) in [6.07, 6.45) is 8.96. The smallest absolute Gasteiger partial charge is 0.203 e. The van der Waals surface area contributed by atoms with Gasteiger partial charge in [-0.3, -0.25) is 4.40 Å². The molecule has 142 valence electrons. The maximum absolute atomic E-state index is 4.62. The summed E-state index contributed by atoms with van der Waals surface area (Å²) in [6.45, 7) is 5.61. The van der Waals surface area contributed by atoms with Gasteiger partial charge in [-0.1, -0.05) is 6.92 Å². The van der Waals surface area contributed by atoms with E-state index in [1.807, 2.05) is 28.9 Å². The van der Waals surface area contributed by atoms with Crippen molar-refractivity contribution in [3.63, 3.8) is 0 Å². The summed E-state index contributed by atoms with van der Waals surface area (Å²) in [5, 5.41) is 9.67. The van der Waals surface area contributed by atoms with Crippen LogP contribution in [0.3, 0.4) is 0 Å². The van der Waals surface area contributed by atoms with E-state index in [1.54, 1.807) is 12.5 Å². The lowest BCUT2D eigenvalue weighted by Gasteiger charge is -2.24. The summed E-state index contributed by atoms with van der Waals surface area (Å²) >= 11 is 0. The Balaban J connectivity index is 1.44. The zero-order chi connectivity index (χ0) is 18.9. The average Bonchev–Trinajstić information content (AvgIpc) is 3.02. The van der Waals surface area contributed by atoms with E-state index in [0.29, 0.717) is 0 Å². The Labute approximate surface area is 162 Å². The number of nitrogens with zero attached hydrogens (tertiary/aromatic N) is 9. The molecular weight excluding hydrogens is 354 g/mol.